The van der Waals surface area contributed by atoms with Crippen LogP contribution < -0.4 is 11.1 Å². The van der Waals surface area contributed by atoms with Crippen molar-refractivity contribution in [2.45, 2.75) is 27.3 Å². The van der Waals surface area contributed by atoms with Crippen LogP contribution in [0.25, 0.3) is 0 Å². The number of nitrogens with one attached hydrogen (secondary N) is 1. The summed E-state index contributed by atoms with van der Waals surface area (Å²) in [6, 6.07) is 3.59. The van der Waals surface area contributed by atoms with Crippen molar-refractivity contribution in [2.75, 3.05) is 0 Å². The molecule has 0 aliphatic carbocycles. The first kappa shape index (κ1) is 10.6. The molecule has 1 aromatic rings. The SMILES string of the molecule is Cc1ccc(CNC(N)=O)c(C)c1C. The number of nitrogens with two attached hydrogens (primary N) is 1. The summed E-state index contributed by atoms with van der Waals surface area (Å²) in [5.74, 6) is 0. The van der Waals surface area contributed by atoms with Crippen molar-refractivity contribution in [3.63, 3.8) is 0 Å². The fourth-order valence-corrected chi connectivity index (χ4v) is 1.39. The van der Waals surface area contributed by atoms with Gasteiger partial charge in [0.2, 0.25) is 0 Å². The molecule has 0 aliphatic heterocycles. The van der Waals surface area contributed by atoms with Gasteiger partial charge in [-0.15, -0.1) is 0 Å². The van der Waals surface area contributed by atoms with E-state index >= 15 is 0 Å². The molecule has 3 N–H and O–H groups in total. The third-order valence-corrected chi connectivity index (χ3v) is 2.62. The second kappa shape index (κ2) is 4.13. The number of carbonyl (C=O) groups excluding carboxylic acids is 1. The van der Waals surface area contributed by atoms with Crippen molar-refractivity contribution in [3.05, 3.63) is 34.4 Å². The van der Waals surface area contributed by atoms with E-state index in [2.05, 4.69) is 32.2 Å². The number of amides is 2. The maximum Gasteiger partial charge on any atom is 0.312 e. The highest BCUT2D eigenvalue weighted by atomic mass is 16.2. The van der Waals surface area contributed by atoms with Gasteiger partial charge in [-0.1, -0.05) is 12.1 Å². The average Bonchev–Trinajstić information content (AvgIpc) is 2.13. The van der Waals surface area contributed by atoms with Gasteiger partial charge in [-0.25, -0.2) is 4.79 Å². The maximum atomic E-state index is 10.5. The number of hydrogen-bond acceptors (Lipinski definition) is 1. The van der Waals surface area contributed by atoms with E-state index in [1.807, 2.05) is 6.07 Å². The first-order valence-corrected chi connectivity index (χ1v) is 4.61. The van der Waals surface area contributed by atoms with E-state index < -0.39 is 6.03 Å². The van der Waals surface area contributed by atoms with Crippen molar-refractivity contribution < 1.29 is 4.79 Å². The summed E-state index contributed by atoms with van der Waals surface area (Å²) < 4.78 is 0. The summed E-state index contributed by atoms with van der Waals surface area (Å²) >= 11 is 0. The van der Waals surface area contributed by atoms with Crippen LogP contribution in [-0.4, -0.2) is 6.03 Å². The van der Waals surface area contributed by atoms with Crippen LogP contribution in [0, 0.1) is 20.8 Å². The third-order valence-electron chi connectivity index (χ3n) is 2.62. The molecule has 0 fully saturated rings. The summed E-state index contributed by atoms with van der Waals surface area (Å²) in [5.41, 5.74) is 9.89. The van der Waals surface area contributed by atoms with Crippen LogP contribution in [0.15, 0.2) is 12.1 Å². The highest BCUT2D eigenvalue weighted by molar-refractivity contribution is 5.71. The van der Waals surface area contributed by atoms with Crippen LogP contribution in [-0.2, 0) is 6.54 Å². The van der Waals surface area contributed by atoms with Crippen molar-refractivity contribution in [1.29, 1.82) is 0 Å². The van der Waals surface area contributed by atoms with Gasteiger partial charge in [0.05, 0.1) is 0 Å². The highest BCUT2D eigenvalue weighted by Gasteiger charge is 2.03. The lowest BCUT2D eigenvalue weighted by molar-refractivity contribution is 0.248. The smallest absolute Gasteiger partial charge is 0.312 e. The highest BCUT2D eigenvalue weighted by Crippen LogP contribution is 2.16. The summed E-state index contributed by atoms with van der Waals surface area (Å²) in [6.07, 6.45) is 0. The van der Waals surface area contributed by atoms with E-state index in [9.17, 15) is 4.79 Å². The van der Waals surface area contributed by atoms with Gasteiger partial charge in [-0.2, -0.15) is 0 Å². The largest absolute Gasteiger partial charge is 0.352 e. The Hall–Kier alpha value is -1.51. The molecule has 2 amide bonds. The standard InChI is InChI=1S/C11H16N2O/c1-7-4-5-10(6-13-11(12)14)9(3)8(7)2/h4-5H,6H2,1-3H3,(H3,12,13,14). The Kier molecular flexibility index (Phi) is 3.12. The maximum absolute atomic E-state index is 10.5. The number of hydrogen-bond donors (Lipinski definition) is 2. The minimum atomic E-state index is -0.484. The fraction of sp³-hybridized carbons (Fsp3) is 0.364. The van der Waals surface area contributed by atoms with Crippen LogP contribution in [0.3, 0.4) is 0 Å². The minimum Gasteiger partial charge on any atom is -0.352 e. The van der Waals surface area contributed by atoms with E-state index in [0.29, 0.717) is 6.54 Å². The van der Waals surface area contributed by atoms with Crippen LogP contribution in [0.1, 0.15) is 22.3 Å². The lowest BCUT2D eigenvalue weighted by Gasteiger charge is -2.11. The van der Waals surface area contributed by atoms with Crippen LogP contribution in [0.5, 0.6) is 0 Å². The Bertz CT molecular complexity index is 359. The van der Waals surface area contributed by atoms with Gasteiger partial charge in [0.25, 0.3) is 0 Å². The van der Waals surface area contributed by atoms with Crippen LogP contribution in [0.4, 0.5) is 4.79 Å². The quantitative estimate of drug-likeness (QED) is 0.737. The Balaban J connectivity index is 2.88. The van der Waals surface area contributed by atoms with E-state index in [1.165, 1.54) is 16.7 Å². The lowest BCUT2D eigenvalue weighted by Crippen LogP contribution is -2.28. The van der Waals surface area contributed by atoms with Gasteiger partial charge in [0.1, 0.15) is 0 Å². The predicted molar refractivity (Wildman–Crippen MR) is 57.1 cm³/mol. The van der Waals surface area contributed by atoms with Gasteiger partial charge < -0.3 is 11.1 Å². The Morgan fingerprint density at radius 1 is 1.29 bits per heavy atom. The number of carbonyl (C=O) groups is 1. The second-order valence-corrected chi connectivity index (χ2v) is 3.51. The summed E-state index contributed by atoms with van der Waals surface area (Å²) in [7, 11) is 0. The van der Waals surface area contributed by atoms with Crippen molar-refractivity contribution in [2.24, 2.45) is 5.73 Å². The van der Waals surface area contributed by atoms with Gasteiger partial charge >= 0.3 is 6.03 Å². The monoisotopic (exact) mass is 192 g/mol. The molecule has 0 atom stereocenters. The first-order valence-electron chi connectivity index (χ1n) is 4.61. The zero-order chi connectivity index (χ0) is 10.7. The number of urea groups is 1. The molecule has 0 radical (unpaired) electrons. The van der Waals surface area contributed by atoms with E-state index in [1.54, 1.807) is 0 Å². The van der Waals surface area contributed by atoms with E-state index in [-0.39, 0.29) is 0 Å². The molecule has 0 aromatic heterocycles. The molecule has 76 valence electrons. The molecule has 0 aliphatic rings. The van der Waals surface area contributed by atoms with Crippen molar-refractivity contribution >= 4 is 6.03 Å². The van der Waals surface area contributed by atoms with Gasteiger partial charge in [-0.05, 0) is 43.0 Å². The number of benzene rings is 1. The normalized spacial score (nSPS) is 9.93. The van der Waals surface area contributed by atoms with E-state index in [0.717, 1.165) is 5.56 Å². The third kappa shape index (κ3) is 2.25. The summed E-state index contributed by atoms with van der Waals surface area (Å²) in [6.45, 7) is 6.72. The Morgan fingerprint density at radius 3 is 2.50 bits per heavy atom. The molecule has 0 heterocycles. The molecule has 0 unspecified atom stereocenters. The molecule has 0 bridgehead atoms. The molecule has 0 saturated heterocycles. The molecule has 14 heavy (non-hydrogen) atoms. The number of primary amides is 1. The number of rotatable bonds is 2. The van der Waals surface area contributed by atoms with Crippen LogP contribution >= 0.6 is 0 Å². The molecule has 1 aromatic carbocycles. The lowest BCUT2D eigenvalue weighted by atomic mass is 9.99. The average molecular weight is 192 g/mol. The zero-order valence-corrected chi connectivity index (χ0v) is 8.85. The molecular weight excluding hydrogens is 176 g/mol. The van der Waals surface area contributed by atoms with Gasteiger partial charge in [-0.3, -0.25) is 0 Å². The van der Waals surface area contributed by atoms with Crippen molar-refractivity contribution in [3.8, 4) is 0 Å². The Labute approximate surface area is 84.3 Å². The Morgan fingerprint density at radius 2 is 1.93 bits per heavy atom. The van der Waals surface area contributed by atoms with Gasteiger partial charge in [0, 0.05) is 6.54 Å². The van der Waals surface area contributed by atoms with Crippen molar-refractivity contribution in [1.82, 2.24) is 5.32 Å². The zero-order valence-electron chi connectivity index (χ0n) is 8.85. The topological polar surface area (TPSA) is 55.1 Å². The summed E-state index contributed by atoms with van der Waals surface area (Å²) in [5, 5.41) is 2.59. The molecule has 1 rings (SSSR count). The summed E-state index contributed by atoms with van der Waals surface area (Å²) in [4.78, 5) is 10.5. The molecule has 0 spiro atoms. The molecule has 3 nitrogen and oxygen atoms in total. The van der Waals surface area contributed by atoms with Crippen LogP contribution in [0.2, 0.25) is 0 Å². The molecule has 3 heteroatoms. The fourth-order valence-electron chi connectivity index (χ4n) is 1.39. The molecule has 0 saturated carbocycles. The van der Waals surface area contributed by atoms with Gasteiger partial charge in [0.15, 0.2) is 0 Å². The predicted octanol–water partition coefficient (Wildman–Crippen LogP) is 1.78. The molecular formula is C11H16N2O. The second-order valence-electron chi connectivity index (χ2n) is 3.51. The number of aryl methyl sites for hydroxylation is 1. The van der Waals surface area contributed by atoms with E-state index in [4.69, 9.17) is 5.73 Å². The first-order chi connectivity index (χ1) is 6.52. The minimum absolute atomic E-state index is 0.484.